The van der Waals surface area contributed by atoms with Crippen LogP contribution < -0.4 is 11.3 Å². The predicted octanol–water partition coefficient (Wildman–Crippen LogP) is 2.36. The van der Waals surface area contributed by atoms with Crippen molar-refractivity contribution in [2.45, 2.75) is 32.6 Å². The van der Waals surface area contributed by atoms with Gasteiger partial charge in [-0.2, -0.15) is 0 Å². The highest BCUT2D eigenvalue weighted by atomic mass is 79.9. The average molecular weight is 335 g/mol. The van der Waals surface area contributed by atoms with Crippen LogP contribution in [-0.4, -0.2) is 25.5 Å². The van der Waals surface area contributed by atoms with E-state index in [1.165, 1.54) is 6.07 Å². The molecule has 0 bridgehead atoms. The maximum absolute atomic E-state index is 13.2. The maximum atomic E-state index is 13.2. The van der Waals surface area contributed by atoms with Gasteiger partial charge in [0.1, 0.15) is 5.82 Å². The number of nitrogens with two attached hydrogens (primary N) is 1. The van der Waals surface area contributed by atoms with Gasteiger partial charge in [0.25, 0.3) is 0 Å². The van der Waals surface area contributed by atoms with Crippen LogP contribution in [0.1, 0.15) is 19.4 Å². The van der Waals surface area contributed by atoms with Crippen LogP contribution in [0.15, 0.2) is 22.7 Å². The van der Waals surface area contributed by atoms with Crippen molar-refractivity contribution in [1.29, 1.82) is 0 Å². The molecular formula is C13H20BrFN2O2. The minimum absolute atomic E-state index is 0.197. The van der Waals surface area contributed by atoms with E-state index in [2.05, 4.69) is 21.4 Å². The normalized spacial score (nSPS) is 12.9. The van der Waals surface area contributed by atoms with E-state index in [1.54, 1.807) is 12.1 Å². The summed E-state index contributed by atoms with van der Waals surface area (Å²) in [5.41, 5.74) is 3.64. The zero-order valence-corrected chi connectivity index (χ0v) is 12.7. The molecule has 1 aromatic rings. The number of rotatable bonds is 8. The van der Waals surface area contributed by atoms with Gasteiger partial charge in [-0.15, -0.1) is 0 Å². The molecule has 1 atom stereocenters. The van der Waals surface area contributed by atoms with E-state index in [9.17, 15) is 4.39 Å². The van der Waals surface area contributed by atoms with Crippen LogP contribution in [0, 0.1) is 5.82 Å². The van der Waals surface area contributed by atoms with Gasteiger partial charge in [-0.3, -0.25) is 11.3 Å². The average Bonchev–Trinajstić information content (AvgIpc) is 2.40. The van der Waals surface area contributed by atoms with Crippen LogP contribution in [0.3, 0.4) is 0 Å². The Morgan fingerprint density at radius 1 is 1.32 bits per heavy atom. The lowest BCUT2D eigenvalue weighted by atomic mass is 10.1. The first kappa shape index (κ1) is 16.5. The summed E-state index contributed by atoms with van der Waals surface area (Å²) < 4.78 is 24.6. The van der Waals surface area contributed by atoms with Gasteiger partial charge in [-0.1, -0.05) is 6.07 Å². The van der Waals surface area contributed by atoms with E-state index in [0.29, 0.717) is 24.1 Å². The second-order valence-corrected chi connectivity index (χ2v) is 4.86. The Kier molecular flexibility index (Phi) is 7.48. The largest absolute Gasteiger partial charge is 0.351 e. The topological polar surface area (TPSA) is 56.5 Å². The van der Waals surface area contributed by atoms with E-state index >= 15 is 0 Å². The first-order valence-electron chi connectivity index (χ1n) is 6.25. The lowest BCUT2D eigenvalue weighted by Crippen LogP contribution is -2.48. The summed E-state index contributed by atoms with van der Waals surface area (Å²) in [4.78, 5) is 0. The molecule has 108 valence electrons. The van der Waals surface area contributed by atoms with E-state index in [-0.39, 0.29) is 11.9 Å². The minimum atomic E-state index is -0.427. The fourth-order valence-electron chi connectivity index (χ4n) is 1.76. The van der Waals surface area contributed by atoms with Crippen LogP contribution in [0.25, 0.3) is 0 Å². The molecule has 0 aliphatic carbocycles. The lowest BCUT2D eigenvalue weighted by Gasteiger charge is -2.26. The fourth-order valence-corrected chi connectivity index (χ4v) is 2.19. The molecule has 0 aliphatic rings. The van der Waals surface area contributed by atoms with Crippen LogP contribution in [0.5, 0.6) is 0 Å². The molecule has 0 heterocycles. The molecular weight excluding hydrogens is 315 g/mol. The number of hydrazine groups is 1. The molecule has 6 heteroatoms. The Hall–Kier alpha value is -0.530. The van der Waals surface area contributed by atoms with Crippen molar-refractivity contribution in [2.75, 3.05) is 13.2 Å². The van der Waals surface area contributed by atoms with Gasteiger partial charge >= 0.3 is 0 Å². The summed E-state index contributed by atoms with van der Waals surface area (Å²) in [5.74, 6) is 5.27. The van der Waals surface area contributed by atoms with E-state index in [4.69, 9.17) is 15.3 Å². The number of hydrogen-bond donors (Lipinski definition) is 2. The molecule has 19 heavy (non-hydrogen) atoms. The number of hydrogen-bond acceptors (Lipinski definition) is 4. The highest BCUT2D eigenvalue weighted by Gasteiger charge is 2.21. The number of nitrogens with one attached hydrogen (secondary N) is 1. The maximum Gasteiger partial charge on any atom is 0.174 e. The second-order valence-electron chi connectivity index (χ2n) is 4.00. The smallest absolute Gasteiger partial charge is 0.174 e. The Balaban J connectivity index is 2.75. The van der Waals surface area contributed by atoms with E-state index in [1.807, 2.05) is 13.8 Å². The zero-order chi connectivity index (χ0) is 14.3. The van der Waals surface area contributed by atoms with Crippen molar-refractivity contribution in [1.82, 2.24) is 5.43 Å². The Morgan fingerprint density at radius 3 is 2.42 bits per heavy atom. The third kappa shape index (κ3) is 5.16. The van der Waals surface area contributed by atoms with Crippen molar-refractivity contribution in [3.63, 3.8) is 0 Å². The molecule has 0 amide bonds. The molecule has 3 N–H and O–H groups in total. The lowest BCUT2D eigenvalue weighted by molar-refractivity contribution is -0.153. The number of halogens is 2. The molecule has 0 fully saturated rings. The highest BCUT2D eigenvalue weighted by Crippen LogP contribution is 2.18. The standard InChI is InChI=1S/C13H20BrFN2O2/c1-3-18-13(19-4-2)12(17-16)8-9-5-6-11(15)10(14)7-9/h5-7,12-13,17H,3-4,8,16H2,1-2H3. The molecule has 1 rings (SSSR count). The predicted molar refractivity (Wildman–Crippen MR) is 76.0 cm³/mol. The third-order valence-corrected chi connectivity index (χ3v) is 3.25. The van der Waals surface area contributed by atoms with Gasteiger partial charge in [0.15, 0.2) is 6.29 Å². The van der Waals surface area contributed by atoms with Gasteiger partial charge in [-0.25, -0.2) is 4.39 Å². The van der Waals surface area contributed by atoms with Crippen molar-refractivity contribution >= 4 is 15.9 Å². The van der Waals surface area contributed by atoms with E-state index < -0.39 is 6.29 Å². The fraction of sp³-hybridized carbons (Fsp3) is 0.538. The third-order valence-electron chi connectivity index (χ3n) is 2.64. The molecule has 1 aromatic carbocycles. The summed E-state index contributed by atoms with van der Waals surface area (Å²) in [6.07, 6.45) is 0.156. The van der Waals surface area contributed by atoms with Crippen molar-refractivity contribution in [3.8, 4) is 0 Å². The molecule has 1 unspecified atom stereocenters. The van der Waals surface area contributed by atoms with Crippen LogP contribution >= 0.6 is 15.9 Å². The Morgan fingerprint density at radius 2 is 1.95 bits per heavy atom. The molecule has 0 radical (unpaired) electrons. The molecule has 0 saturated heterocycles. The van der Waals surface area contributed by atoms with Crippen LogP contribution in [0.4, 0.5) is 4.39 Å². The molecule has 0 saturated carbocycles. The second kappa shape index (κ2) is 8.60. The summed E-state index contributed by atoms with van der Waals surface area (Å²) in [5, 5.41) is 0. The van der Waals surface area contributed by atoms with Crippen LogP contribution in [-0.2, 0) is 15.9 Å². The van der Waals surface area contributed by atoms with Gasteiger partial charge < -0.3 is 9.47 Å². The summed E-state index contributed by atoms with van der Waals surface area (Å²) in [6.45, 7) is 4.87. The molecule has 0 aliphatic heterocycles. The van der Waals surface area contributed by atoms with Crippen molar-refractivity contribution < 1.29 is 13.9 Å². The molecule has 0 aromatic heterocycles. The van der Waals surface area contributed by atoms with Gasteiger partial charge in [-0.05, 0) is 53.9 Å². The van der Waals surface area contributed by atoms with Crippen molar-refractivity contribution in [2.24, 2.45) is 5.84 Å². The zero-order valence-electron chi connectivity index (χ0n) is 11.2. The minimum Gasteiger partial charge on any atom is -0.351 e. The quantitative estimate of drug-likeness (QED) is 0.435. The Labute approximate surface area is 121 Å². The number of benzene rings is 1. The number of ether oxygens (including phenoxy) is 2. The first-order chi connectivity index (χ1) is 9.12. The summed E-state index contributed by atoms with van der Waals surface area (Å²) in [7, 11) is 0. The Bertz CT molecular complexity index is 387. The van der Waals surface area contributed by atoms with Crippen molar-refractivity contribution in [3.05, 3.63) is 34.1 Å². The van der Waals surface area contributed by atoms with Gasteiger partial charge in [0.05, 0.1) is 10.5 Å². The SMILES string of the molecule is CCOC(OCC)C(Cc1ccc(F)c(Br)c1)NN. The van der Waals surface area contributed by atoms with E-state index in [0.717, 1.165) is 5.56 Å². The summed E-state index contributed by atoms with van der Waals surface area (Å²) in [6, 6.07) is 4.68. The highest BCUT2D eigenvalue weighted by molar-refractivity contribution is 9.10. The monoisotopic (exact) mass is 334 g/mol. The van der Waals surface area contributed by atoms with Gasteiger partial charge in [0.2, 0.25) is 0 Å². The van der Waals surface area contributed by atoms with Crippen LogP contribution in [0.2, 0.25) is 0 Å². The summed E-state index contributed by atoms with van der Waals surface area (Å²) >= 11 is 3.17. The molecule has 0 spiro atoms. The molecule has 4 nitrogen and oxygen atoms in total. The van der Waals surface area contributed by atoms with Gasteiger partial charge in [0, 0.05) is 13.2 Å². The first-order valence-corrected chi connectivity index (χ1v) is 7.04.